The molecule has 0 saturated heterocycles. The fraction of sp³-hybridized carbons (Fsp3) is 0.265. The van der Waals surface area contributed by atoms with Crippen molar-refractivity contribution in [1.82, 2.24) is 0 Å². The molecule has 1 aliphatic carbocycles. The number of para-hydroxylation sites is 1. The van der Waals surface area contributed by atoms with Crippen LogP contribution in [0.25, 0.3) is 16.7 Å². The predicted octanol–water partition coefficient (Wildman–Crippen LogP) is 8.61. The average Bonchev–Trinajstić information content (AvgIpc) is 2.89. The van der Waals surface area contributed by atoms with Crippen molar-refractivity contribution in [2.75, 3.05) is 30.3 Å². The molecule has 3 aromatic rings. The molecule has 0 fully saturated rings. The van der Waals surface area contributed by atoms with E-state index in [2.05, 4.69) is 136 Å². The number of benzene rings is 3. The summed E-state index contributed by atoms with van der Waals surface area (Å²) in [6.45, 7) is 15.5. The van der Waals surface area contributed by atoms with Crippen LogP contribution in [0, 0.1) is 13.8 Å². The summed E-state index contributed by atoms with van der Waals surface area (Å²) in [5.74, 6) is 0. The molecule has 0 amide bonds. The first-order valence-electron chi connectivity index (χ1n) is 13.4. The third-order valence-corrected chi connectivity index (χ3v) is 6.80. The van der Waals surface area contributed by atoms with Crippen LogP contribution in [0.4, 0.5) is 11.4 Å². The Morgan fingerprint density at radius 2 is 1.54 bits per heavy atom. The van der Waals surface area contributed by atoms with E-state index in [1.807, 2.05) is 0 Å². The third-order valence-electron chi connectivity index (χ3n) is 6.80. The second-order valence-electron chi connectivity index (χ2n) is 9.52. The van der Waals surface area contributed by atoms with Gasteiger partial charge in [-0.2, -0.15) is 0 Å². The van der Waals surface area contributed by atoms with Gasteiger partial charge in [0.25, 0.3) is 0 Å². The van der Waals surface area contributed by atoms with Gasteiger partial charge in [0.05, 0.1) is 5.71 Å². The molecule has 3 heteroatoms. The summed E-state index contributed by atoms with van der Waals surface area (Å²) in [4.78, 5) is 4.65. The molecule has 0 radical (unpaired) electrons. The van der Waals surface area contributed by atoms with Gasteiger partial charge in [-0.25, -0.2) is 0 Å². The molecule has 0 bridgehead atoms. The number of hydrogen-bond donors (Lipinski definition) is 2. The second-order valence-corrected chi connectivity index (χ2v) is 9.52. The monoisotopic (exact) mass is 489 g/mol. The topological polar surface area (TPSA) is 36.4 Å². The molecule has 37 heavy (non-hydrogen) atoms. The van der Waals surface area contributed by atoms with Crippen LogP contribution in [0.5, 0.6) is 0 Å². The van der Waals surface area contributed by atoms with Crippen molar-refractivity contribution in [3.05, 3.63) is 112 Å². The van der Waals surface area contributed by atoms with Crippen LogP contribution in [0.15, 0.2) is 95.0 Å². The zero-order valence-electron chi connectivity index (χ0n) is 23.1. The van der Waals surface area contributed by atoms with E-state index in [0.717, 1.165) is 31.0 Å². The highest BCUT2D eigenvalue weighted by molar-refractivity contribution is 6.11. The van der Waals surface area contributed by atoms with Crippen LogP contribution in [-0.2, 0) is 0 Å². The number of nitrogens with zero attached hydrogens (tertiary/aromatic N) is 1. The predicted molar refractivity (Wildman–Crippen MR) is 163 cm³/mol. The lowest BCUT2D eigenvalue weighted by Gasteiger charge is -2.19. The Morgan fingerprint density at radius 3 is 2.19 bits per heavy atom. The molecule has 0 spiro atoms. The van der Waals surface area contributed by atoms with Crippen molar-refractivity contribution in [2.24, 2.45) is 4.99 Å². The van der Waals surface area contributed by atoms with Crippen LogP contribution in [0.1, 0.15) is 49.9 Å². The van der Waals surface area contributed by atoms with E-state index in [4.69, 9.17) is 0 Å². The normalized spacial score (nSPS) is 15.5. The van der Waals surface area contributed by atoms with Gasteiger partial charge in [-0.15, -0.1) is 0 Å². The van der Waals surface area contributed by atoms with E-state index in [9.17, 15) is 0 Å². The molecule has 1 aliphatic rings. The standard InChI is InChI=1S/C34H39N3/c1-7-35-29-18-19-30(24(5)22-29)33(28-17-20-32(36-8-2)25(6)21-28)27-15-13-26(14-16-27)31-12-10-11-23(4)34(31)37-9-3/h10-22,35,37H,7-9H2,1-6H3. The summed E-state index contributed by atoms with van der Waals surface area (Å²) in [6.07, 6.45) is 6.64. The quantitative estimate of drug-likeness (QED) is 0.332. The first kappa shape index (κ1) is 26.2. The van der Waals surface area contributed by atoms with Gasteiger partial charge < -0.3 is 10.6 Å². The minimum atomic E-state index is 0.789. The van der Waals surface area contributed by atoms with Crippen LogP contribution in [-0.4, -0.2) is 25.3 Å². The minimum absolute atomic E-state index is 0.789. The van der Waals surface area contributed by atoms with Crippen LogP contribution < -0.4 is 10.6 Å². The van der Waals surface area contributed by atoms with Crippen molar-refractivity contribution < 1.29 is 0 Å². The Balaban J connectivity index is 1.85. The maximum absolute atomic E-state index is 4.65. The number of rotatable bonds is 8. The van der Waals surface area contributed by atoms with Crippen molar-refractivity contribution in [2.45, 2.75) is 41.5 Å². The van der Waals surface area contributed by atoms with E-state index < -0.39 is 0 Å². The largest absolute Gasteiger partial charge is 0.385 e. The van der Waals surface area contributed by atoms with E-state index in [0.29, 0.717) is 0 Å². The summed E-state index contributed by atoms with van der Waals surface area (Å²) < 4.78 is 0. The van der Waals surface area contributed by atoms with Crippen LogP contribution >= 0.6 is 0 Å². The van der Waals surface area contributed by atoms with Gasteiger partial charge in [-0.1, -0.05) is 54.6 Å². The van der Waals surface area contributed by atoms with Gasteiger partial charge in [0.1, 0.15) is 0 Å². The number of nitrogens with one attached hydrogen (secondary N) is 2. The molecule has 0 aliphatic heterocycles. The number of anilines is 2. The highest BCUT2D eigenvalue weighted by Gasteiger charge is 2.16. The molecule has 2 N–H and O–H groups in total. The lowest BCUT2D eigenvalue weighted by atomic mass is 9.86. The molecule has 190 valence electrons. The molecule has 0 unspecified atom stereocenters. The molecule has 0 atom stereocenters. The number of aryl methyl sites for hydroxylation is 2. The summed E-state index contributed by atoms with van der Waals surface area (Å²) in [5, 5.41) is 7.00. The van der Waals surface area contributed by atoms with Gasteiger partial charge in [0.2, 0.25) is 0 Å². The number of aliphatic imine (C=N–C) groups is 1. The third kappa shape index (κ3) is 5.77. The van der Waals surface area contributed by atoms with E-state index in [-0.39, 0.29) is 0 Å². The highest BCUT2D eigenvalue weighted by Crippen LogP contribution is 2.36. The maximum Gasteiger partial charge on any atom is 0.0603 e. The number of allylic oxidation sites excluding steroid dienone is 5. The zero-order valence-corrected chi connectivity index (χ0v) is 23.1. The molecule has 0 saturated carbocycles. The maximum atomic E-state index is 4.65. The summed E-state index contributed by atoms with van der Waals surface area (Å²) in [5.41, 5.74) is 14.5. The van der Waals surface area contributed by atoms with Crippen molar-refractivity contribution in [3.8, 4) is 11.1 Å². The minimum Gasteiger partial charge on any atom is -0.385 e. The number of hydrogen-bond acceptors (Lipinski definition) is 3. The summed E-state index contributed by atoms with van der Waals surface area (Å²) in [7, 11) is 0. The Labute approximate surface area is 222 Å². The van der Waals surface area contributed by atoms with Gasteiger partial charge in [0, 0.05) is 36.6 Å². The smallest absolute Gasteiger partial charge is 0.0603 e. The Bertz CT molecular complexity index is 1390. The molecule has 0 heterocycles. The van der Waals surface area contributed by atoms with Crippen LogP contribution in [0.3, 0.4) is 0 Å². The SMILES string of the molecule is CCN=C1C=CC(=C(c2ccc(-c3cccc(C)c3NCC)cc2)c2ccc(NCC)cc2C)C=C1C. The molecule has 4 rings (SSSR count). The summed E-state index contributed by atoms with van der Waals surface area (Å²) in [6, 6.07) is 22.2. The van der Waals surface area contributed by atoms with E-state index >= 15 is 0 Å². The second kappa shape index (κ2) is 11.9. The lowest BCUT2D eigenvalue weighted by molar-refractivity contribution is 1.13. The molecular formula is C34H39N3. The van der Waals surface area contributed by atoms with Gasteiger partial charge in [-0.05, 0) is 110 Å². The van der Waals surface area contributed by atoms with E-state index in [1.165, 1.54) is 55.8 Å². The fourth-order valence-electron chi connectivity index (χ4n) is 5.03. The Hall–Kier alpha value is -3.85. The van der Waals surface area contributed by atoms with Crippen molar-refractivity contribution in [1.29, 1.82) is 0 Å². The Kier molecular flexibility index (Phi) is 8.45. The summed E-state index contributed by atoms with van der Waals surface area (Å²) >= 11 is 0. The highest BCUT2D eigenvalue weighted by atomic mass is 14.9. The molecule has 3 aromatic carbocycles. The average molecular weight is 490 g/mol. The van der Waals surface area contributed by atoms with Crippen LogP contribution in [0.2, 0.25) is 0 Å². The fourth-order valence-corrected chi connectivity index (χ4v) is 5.03. The van der Waals surface area contributed by atoms with E-state index in [1.54, 1.807) is 0 Å². The van der Waals surface area contributed by atoms with Gasteiger partial charge >= 0.3 is 0 Å². The Morgan fingerprint density at radius 1 is 0.784 bits per heavy atom. The first-order valence-corrected chi connectivity index (χ1v) is 13.4. The van der Waals surface area contributed by atoms with Gasteiger partial charge in [0.15, 0.2) is 0 Å². The van der Waals surface area contributed by atoms with Crippen molar-refractivity contribution in [3.63, 3.8) is 0 Å². The molecule has 0 aromatic heterocycles. The first-order chi connectivity index (χ1) is 18.0. The zero-order chi connectivity index (χ0) is 26.4. The lowest BCUT2D eigenvalue weighted by Crippen LogP contribution is -2.05. The van der Waals surface area contributed by atoms with Gasteiger partial charge in [-0.3, -0.25) is 4.99 Å². The molecular weight excluding hydrogens is 450 g/mol. The molecule has 3 nitrogen and oxygen atoms in total. The van der Waals surface area contributed by atoms with Crippen molar-refractivity contribution >= 4 is 22.7 Å².